The summed E-state index contributed by atoms with van der Waals surface area (Å²) >= 11 is 7.33. The molecule has 1 aromatic carbocycles. The van der Waals surface area contributed by atoms with Gasteiger partial charge in [-0.15, -0.1) is 11.3 Å². The van der Waals surface area contributed by atoms with Gasteiger partial charge >= 0.3 is 0 Å². The molecule has 122 valence electrons. The molecule has 1 N–H and O–H groups in total. The van der Waals surface area contributed by atoms with E-state index in [1.807, 2.05) is 13.8 Å². The molecule has 7 heteroatoms. The van der Waals surface area contributed by atoms with Crippen LogP contribution < -0.4 is 5.32 Å². The van der Waals surface area contributed by atoms with E-state index in [0.29, 0.717) is 22.3 Å². The Bertz CT molecular complexity index is 702. The lowest BCUT2D eigenvalue weighted by molar-refractivity contribution is -0.116. The number of halogens is 1. The molecule has 0 aliphatic rings. The van der Waals surface area contributed by atoms with Gasteiger partial charge in [0.2, 0.25) is 5.91 Å². The Morgan fingerprint density at radius 3 is 2.78 bits per heavy atom. The number of hydrogen-bond acceptors (Lipinski definition) is 4. The monoisotopic (exact) mass is 351 g/mol. The van der Waals surface area contributed by atoms with Gasteiger partial charge in [-0.3, -0.25) is 9.59 Å². The number of rotatable bonds is 6. The number of aryl methyl sites for hydroxylation is 1. The van der Waals surface area contributed by atoms with E-state index in [1.54, 1.807) is 30.5 Å². The molecule has 2 aromatic rings. The second-order valence-corrected chi connectivity index (χ2v) is 6.73. The van der Waals surface area contributed by atoms with Gasteiger partial charge in [0.15, 0.2) is 5.13 Å². The predicted molar refractivity (Wildman–Crippen MR) is 93.1 cm³/mol. The van der Waals surface area contributed by atoms with Gasteiger partial charge in [-0.25, -0.2) is 4.98 Å². The minimum Gasteiger partial charge on any atom is -0.329 e. The third-order valence-corrected chi connectivity index (χ3v) is 4.12. The number of carbonyl (C=O) groups is 2. The van der Waals surface area contributed by atoms with Crippen molar-refractivity contribution >= 4 is 39.9 Å². The maximum absolute atomic E-state index is 12.6. The van der Waals surface area contributed by atoms with Crippen LogP contribution in [0.25, 0.3) is 0 Å². The van der Waals surface area contributed by atoms with E-state index in [9.17, 15) is 9.59 Å². The lowest BCUT2D eigenvalue weighted by Crippen LogP contribution is -2.38. The highest BCUT2D eigenvalue weighted by atomic mass is 35.5. The van der Waals surface area contributed by atoms with Gasteiger partial charge < -0.3 is 10.2 Å². The number of amides is 2. The summed E-state index contributed by atoms with van der Waals surface area (Å²) in [5, 5.41) is 3.75. The van der Waals surface area contributed by atoms with E-state index >= 15 is 0 Å². The standard InChI is InChI=1S/C16H18ClN3O2S/c1-3-7-20(15(22)12-5-4-6-13(17)8-12)10-14(21)19-16-18-9-11(2)23-16/h4-6,8-9H,3,7,10H2,1-2H3,(H,18,19,21). The third-order valence-electron chi connectivity index (χ3n) is 3.05. The summed E-state index contributed by atoms with van der Waals surface area (Å²) in [6, 6.07) is 6.73. The Morgan fingerprint density at radius 1 is 1.39 bits per heavy atom. The normalized spacial score (nSPS) is 10.4. The zero-order valence-electron chi connectivity index (χ0n) is 13.0. The largest absolute Gasteiger partial charge is 0.329 e. The molecule has 0 saturated heterocycles. The molecule has 1 aromatic heterocycles. The Labute approximate surface area is 144 Å². The maximum Gasteiger partial charge on any atom is 0.254 e. The fourth-order valence-corrected chi connectivity index (χ4v) is 2.94. The average molecular weight is 352 g/mol. The summed E-state index contributed by atoms with van der Waals surface area (Å²) in [6.45, 7) is 4.35. The zero-order chi connectivity index (χ0) is 16.8. The van der Waals surface area contributed by atoms with Crippen LogP contribution in [0.15, 0.2) is 30.5 Å². The van der Waals surface area contributed by atoms with Gasteiger partial charge in [-0.05, 0) is 31.5 Å². The first-order valence-corrected chi connectivity index (χ1v) is 8.46. The molecule has 2 amide bonds. The molecule has 0 atom stereocenters. The van der Waals surface area contributed by atoms with E-state index in [0.717, 1.165) is 11.3 Å². The van der Waals surface area contributed by atoms with Crippen LogP contribution in [0.5, 0.6) is 0 Å². The molecule has 0 aliphatic heterocycles. The van der Waals surface area contributed by atoms with Crippen LogP contribution >= 0.6 is 22.9 Å². The van der Waals surface area contributed by atoms with Crippen molar-refractivity contribution in [3.63, 3.8) is 0 Å². The lowest BCUT2D eigenvalue weighted by atomic mass is 10.2. The molecular weight excluding hydrogens is 334 g/mol. The van der Waals surface area contributed by atoms with Gasteiger partial charge in [-0.1, -0.05) is 24.6 Å². The lowest BCUT2D eigenvalue weighted by Gasteiger charge is -2.21. The molecule has 0 unspecified atom stereocenters. The fourth-order valence-electron chi connectivity index (χ4n) is 2.07. The molecule has 23 heavy (non-hydrogen) atoms. The molecule has 0 bridgehead atoms. The van der Waals surface area contributed by atoms with Crippen molar-refractivity contribution in [1.29, 1.82) is 0 Å². The number of carbonyl (C=O) groups excluding carboxylic acids is 2. The number of anilines is 1. The quantitative estimate of drug-likeness (QED) is 0.865. The molecule has 0 radical (unpaired) electrons. The third kappa shape index (κ3) is 5.04. The summed E-state index contributed by atoms with van der Waals surface area (Å²) in [6.07, 6.45) is 2.46. The number of hydrogen-bond donors (Lipinski definition) is 1. The van der Waals surface area contributed by atoms with E-state index in [1.165, 1.54) is 16.2 Å². The molecule has 2 rings (SSSR count). The Hall–Kier alpha value is -1.92. The first-order valence-electron chi connectivity index (χ1n) is 7.26. The van der Waals surface area contributed by atoms with Crippen LogP contribution in [0, 0.1) is 6.92 Å². The van der Waals surface area contributed by atoms with Crippen molar-refractivity contribution in [3.05, 3.63) is 45.9 Å². The van der Waals surface area contributed by atoms with Crippen LogP contribution in [-0.4, -0.2) is 34.8 Å². The van der Waals surface area contributed by atoms with Crippen molar-refractivity contribution in [2.75, 3.05) is 18.4 Å². The van der Waals surface area contributed by atoms with Gasteiger partial charge in [0.25, 0.3) is 5.91 Å². The van der Waals surface area contributed by atoms with Gasteiger partial charge in [0, 0.05) is 28.2 Å². The first-order chi connectivity index (χ1) is 11.0. The predicted octanol–water partition coefficient (Wildman–Crippen LogP) is 3.60. The Morgan fingerprint density at radius 2 is 2.17 bits per heavy atom. The van der Waals surface area contributed by atoms with Crippen LogP contribution in [0.1, 0.15) is 28.6 Å². The van der Waals surface area contributed by atoms with E-state index < -0.39 is 0 Å². The highest BCUT2D eigenvalue weighted by Crippen LogP contribution is 2.17. The molecule has 0 fully saturated rings. The molecule has 0 aliphatic carbocycles. The second kappa shape index (κ2) is 8.08. The summed E-state index contributed by atoms with van der Waals surface area (Å²) < 4.78 is 0. The molecule has 0 saturated carbocycles. The summed E-state index contributed by atoms with van der Waals surface area (Å²) in [5.41, 5.74) is 0.476. The van der Waals surface area contributed by atoms with Gasteiger partial charge in [0.05, 0.1) is 0 Å². The first kappa shape index (κ1) is 17.4. The number of benzene rings is 1. The fraction of sp³-hybridized carbons (Fsp3) is 0.312. The number of aromatic nitrogens is 1. The van der Waals surface area contributed by atoms with Crippen molar-refractivity contribution in [3.8, 4) is 0 Å². The summed E-state index contributed by atoms with van der Waals surface area (Å²) in [5.74, 6) is -0.469. The van der Waals surface area contributed by atoms with Gasteiger partial charge in [0.1, 0.15) is 6.54 Å². The van der Waals surface area contributed by atoms with E-state index in [2.05, 4.69) is 10.3 Å². The summed E-state index contributed by atoms with van der Waals surface area (Å²) in [7, 11) is 0. The zero-order valence-corrected chi connectivity index (χ0v) is 14.6. The van der Waals surface area contributed by atoms with Crippen molar-refractivity contribution < 1.29 is 9.59 Å². The number of thiazole rings is 1. The second-order valence-electron chi connectivity index (χ2n) is 5.06. The van der Waals surface area contributed by atoms with Crippen LogP contribution in [0.2, 0.25) is 5.02 Å². The molecular formula is C16H18ClN3O2S. The molecule has 5 nitrogen and oxygen atoms in total. The smallest absolute Gasteiger partial charge is 0.254 e. The van der Waals surface area contributed by atoms with E-state index in [4.69, 9.17) is 11.6 Å². The Balaban J connectivity index is 2.05. The maximum atomic E-state index is 12.6. The molecule has 1 heterocycles. The number of nitrogens with one attached hydrogen (secondary N) is 1. The van der Waals surface area contributed by atoms with Crippen LogP contribution in [0.3, 0.4) is 0 Å². The average Bonchev–Trinajstić information content (AvgIpc) is 2.91. The van der Waals surface area contributed by atoms with Crippen molar-refractivity contribution in [2.45, 2.75) is 20.3 Å². The minimum atomic E-state index is -0.261. The highest BCUT2D eigenvalue weighted by Gasteiger charge is 2.19. The minimum absolute atomic E-state index is 0.0161. The van der Waals surface area contributed by atoms with E-state index in [-0.39, 0.29) is 18.4 Å². The highest BCUT2D eigenvalue weighted by molar-refractivity contribution is 7.15. The SMILES string of the molecule is CCCN(CC(=O)Nc1ncc(C)s1)C(=O)c1cccc(Cl)c1. The van der Waals surface area contributed by atoms with Crippen molar-refractivity contribution in [2.24, 2.45) is 0 Å². The molecule has 0 spiro atoms. The Kier molecular flexibility index (Phi) is 6.12. The van der Waals surface area contributed by atoms with Gasteiger partial charge in [-0.2, -0.15) is 0 Å². The topological polar surface area (TPSA) is 62.3 Å². The van der Waals surface area contributed by atoms with Crippen molar-refractivity contribution in [1.82, 2.24) is 9.88 Å². The van der Waals surface area contributed by atoms with Crippen LogP contribution in [0.4, 0.5) is 5.13 Å². The summed E-state index contributed by atoms with van der Waals surface area (Å²) in [4.78, 5) is 31.3. The number of nitrogens with zero attached hydrogens (tertiary/aromatic N) is 2. The van der Waals surface area contributed by atoms with Crippen LogP contribution in [-0.2, 0) is 4.79 Å².